The Morgan fingerprint density at radius 2 is 1.81 bits per heavy atom. The van der Waals surface area contributed by atoms with Gasteiger partial charge in [0.25, 0.3) is 0 Å². The summed E-state index contributed by atoms with van der Waals surface area (Å²) in [6, 6.07) is 8.19. The predicted octanol–water partition coefficient (Wildman–Crippen LogP) is 1.58. The van der Waals surface area contributed by atoms with Crippen LogP contribution in [0.3, 0.4) is 0 Å². The number of allylic oxidation sites excluding steroid dienone is 1. The molecule has 0 atom stereocenters. The normalized spacial score (nSPS) is 11.2. The zero-order valence-corrected chi connectivity index (χ0v) is 11.3. The third kappa shape index (κ3) is 6.20. The van der Waals surface area contributed by atoms with Gasteiger partial charge in [-0.25, -0.2) is 9.59 Å². The van der Waals surface area contributed by atoms with Gasteiger partial charge in [-0.2, -0.15) is 0 Å². The molecule has 1 N–H and O–H groups in total. The fourth-order valence-corrected chi connectivity index (χ4v) is 1.27. The Labute approximate surface area is 121 Å². The van der Waals surface area contributed by atoms with Crippen molar-refractivity contribution in [1.29, 1.82) is 0 Å². The average molecular weight is 290 g/mol. The Balaban J connectivity index is 2.49. The summed E-state index contributed by atoms with van der Waals surface area (Å²) in [5.74, 6) is -2.37. The molecule has 0 spiro atoms. The minimum atomic E-state index is -0.669. The molecule has 0 fully saturated rings. The largest absolute Gasteiger partial charge is 0.508 e. The van der Waals surface area contributed by atoms with Crippen LogP contribution in [0.2, 0.25) is 0 Å². The fraction of sp³-hybridized carbons (Fsp3) is 0.133. The number of aliphatic hydroxyl groups is 1. The van der Waals surface area contributed by atoms with Crippen LogP contribution in [0.25, 0.3) is 0 Å². The van der Waals surface area contributed by atoms with E-state index in [1.165, 1.54) is 7.11 Å². The van der Waals surface area contributed by atoms with E-state index >= 15 is 0 Å². The van der Waals surface area contributed by atoms with E-state index in [1.54, 1.807) is 30.3 Å². The van der Waals surface area contributed by atoms with E-state index in [0.717, 1.165) is 18.2 Å². The average Bonchev–Trinajstić information content (AvgIpc) is 2.51. The molecule has 1 aromatic rings. The molecule has 0 heterocycles. The lowest BCUT2D eigenvalue weighted by molar-refractivity contribution is -0.134. The number of esters is 2. The first-order valence-corrected chi connectivity index (χ1v) is 5.94. The number of carbonyl (C=O) groups is 3. The van der Waals surface area contributed by atoms with Crippen molar-refractivity contribution in [2.75, 3.05) is 13.7 Å². The number of hydrogen-bond acceptors (Lipinski definition) is 6. The van der Waals surface area contributed by atoms with E-state index in [9.17, 15) is 19.5 Å². The summed E-state index contributed by atoms with van der Waals surface area (Å²) in [4.78, 5) is 33.8. The molecule has 0 saturated heterocycles. The second-order valence-corrected chi connectivity index (χ2v) is 3.83. The Morgan fingerprint density at radius 1 is 1.14 bits per heavy atom. The van der Waals surface area contributed by atoms with Crippen LogP contribution in [0.4, 0.5) is 0 Å². The van der Waals surface area contributed by atoms with E-state index in [2.05, 4.69) is 4.74 Å². The van der Waals surface area contributed by atoms with E-state index < -0.39 is 30.1 Å². The van der Waals surface area contributed by atoms with Gasteiger partial charge < -0.3 is 14.6 Å². The van der Waals surface area contributed by atoms with Crippen LogP contribution in [-0.4, -0.2) is 36.5 Å². The summed E-state index contributed by atoms with van der Waals surface area (Å²) < 4.78 is 9.09. The van der Waals surface area contributed by atoms with Crippen LogP contribution in [0.15, 0.2) is 54.3 Å². The van der Waals surface area contributed by atoms with Crippen LogP contribution < -0.4 is 0 Å². The molecular weight excluding hydrogens is 276 g/mol. The quantitative estimate of drug-likeness (QED) is 0.370. The van der Waals surface area contributed by atoms with E-state index in [4.69, 9.17) is 4.74 Å². The van der Waals surface area contributed by atoms with Gasteiger partial charge in [0.2, 0.25) is 0 Å². The molecule has 6 nitrogen and oxygen atoms in total. The van der Waals surface area contributed by atoms with Crippen LogP contribution in [-0.2, 0) is 19.1 Å². The molecule has 0 aliphatic heterocycles. The molecule has 0 aliphatic rings. The second kappa shape index (κ2) is 8.31. The number of carbonyl (C=O) groups excluding carboxylic acids is 3. The maximum absolute atomic E-state index is 11.6. The smallest absolute Gasteiger partial charge is 0.338 e. The van der Waals surface area contributed by atoms with Crippen molar-refractivity contribution in [3.8, 4) is 0 Å². The maximum atomic E-state index is 11.6. The molecule has 1 aromatic carbocycles. The lowest BCUT2D eigenvalue weighted by atomic mass is 10.2. The number of rotatable bonds is 6. The standard InChI is InChI=1S/C15H14O6/c1-20-14(18)8-7-12(16)9-13(17)10-21-15(19)11-5-3-2-4-6-11/h2-9,16H,10H2,1H3. The van der Waals surface area contributed by atoms with Crippen molar-refractivity contribution in [3.63, 3.8) is 0 Å². The van der Waals surface area contributed by atoms with Crippen LogP contribution in [0.5, 0.6) is 0 Å². The molecule has 110 valence electrons. The monoisotopic (exact) mass is 290 g/mol. The summed E-state index contributed by atoms with van der Waals surface area (Å²) in [5, 5.41) is 9.35. The molecule has 0 radical (unpaired) electrons. The Bertz CT molecular complexity index is 571. The number of hydrogen-bond donors (Lipinski definition) is 1. The minimum absolute atomic E-state index is 0.323. The van der Waals surface area contributed by atoms with Gasteiger partial charge >= 0.3 is 11.9 Å². The van der Waals surface area contributed by atoms with Gasteiger partial charge in [0.05, 0.1) is 12.7 Å². The Morgan fingerprint density at radius 3 is 2.43 bits per heavy atom. The zero-order chi connectivity index (χ0) is 15.7. The zero-order valence-electron chi connectivity index (χ0n) is 11.3. The molecule has 0 aliphatic carbocycles. The van der Waals surface area contributed by atoms with Gasteiger partial charge in [-0.15, -0.1) is 0 Å². The lowest BCUT2D eigenvalue weighted by Crippen LogP contribution is -2.12. The van der Waals surface area contributed by atoms with Crippen LogP contribution in [0.1, 0.15) is 10.4 Å². The SMILES string of the molecule is COC(=O)C=CC(O)=CC(=O)COC(=O)c1ccccc1. The molecule has 0 saturated carbocycles. The number of benzene rings is 1. The second-order valence-electron chi connectivity index (χ2n) is 3.83. The summed E-state index contributed by atoms with van der Waals surface area (Å²) in [6.07, 6.45) is 2.80. The molecule has 1 rings (SSSR count). The van der Waals surface area contributed by atoms with Crippen molar-refractivity contribution in [3.05, 3.63) is 59.9 Å². The lowest BCUT2D eigenvalue weighted by Gasteiger charge is -2.02. The highest BCUT2D eigenvalue weighted by Crippen LogP contribution is 2.01. The van der Waals surface area contributed by atoms with Gasteiger partial charge in [-0.1, -0.05) is 18.2 Å². The number of ketones is 1. The molecular formula is C15H14O6. The summed E-state index contributed by atoms with van der Waals surface area (Å²) >= 11 is 0. The van der Waals surface area contributed by atoms with Crippen molar-refractivity contribution in [2.45, 2.75) is 0 Å². The van der Waals surface area contributed by atoms with Gasteiger partial charge in [0.1, 0.15) is 5.76 Å². The first kappa shape index (κ1) is 16.2. The van der Waals surface area contributed by atoms with E-state index in [-0.39, 0.29) is 0 Å². The van der Waals surface area contributed by atoms with Gasteiger partial charge in [-0.05, 0) is 18.2 Å². The predicted molar refractivity (Wildman–Crippen MR) is 73.6 cm³/mol. The molecule has 6 heteroatoms. The molecule has 0 aromatic heterocycles. The minimum Gasteiger partial charge on any atom is -0.508 e. The molecule has 21 heavy (non-hydrogen) atoms. The van der Waals surface area contributed by atoms with Gasteiger partial charge in [0, 0.05) is 12.2 Å². The number of methoxy groups -OCH3 is 1. The van der Waals surface area contributed by atoms with Gasteiger partial charge in [-0.3, -0.25) is 4.79 Å². The third-order valence-corrected chi connectivity index (χ3v) is 2.26. The summed E-state index contributed by atoms with van der Waals surface area (Å²) in [5.41, 5.74) is 0.323. The summed E-state index contributed by atoms with van der Waals surface area (Å²) in [6.45, 7) is -0.510. The van der Waals surface area contributed by atoms with Crippen molar-refractivity contribution >= 4 is 17.7 Å². The van der Waals surface area contributed by atoms with Crippen LogP contribution in [0, 0.1) is 0 Å². The molecule has 0 bridgehead atoms. The summed E-state index contributed by atoms with van der Waals surface area (Å²) in [7, 11) is 1.18. The fourth-order valence-electron chi connectivity index (χ4n) is 1.27. The van der Waals surface area contributed by atoms with E-state index in [1.807, 2.05) is 0 Å². The first-order chi connectivity index (χ1) is 10.0. The Hall–Kier alpha value is -2.89. The van der Waals surface area contributed by atoms with Crippen molar-refractivity contribution in [2.24, 2.45) is 0 Å². The maximum Gasteiger partial charge on any atom is 0.338 e. The Kier molecular flexibility index (Phi) is 6.40. The molecule has 0 unspecified atom stereocenters. The highest BCUT2D eigenvalue weighted by atomic mass is 16.5. The van der Waals surface area contributed by atoms with Gasteiger partial charge in [0.15, 0.2) is 12.4 Å². The van der Waals surface area contributed by atoms with Crippen LogP contribution >= 0.6 is 0 Å². The third-order valence-electron chi connectivity index (χ3n) is 2.26. The highest BCUT2D eigenvalue weighted by molar-refractivity contribution is 5.95. The number of ether oxygens (including phenoxy) is 2. The first-order valence-electron chi connectivity index (χ1n) is 5.94. The number of aliphatic hydroxyl groups excluding tert-OH is 1. The van der Waals surface area contributed by atoms with E-state index in [0.29, 0.717) is 5.56 Å². The van der Waals surface area contributed by atoms with Crippen molar-refractivity contribution < 1.29 is 29.0 Å². The molecule has 0 amide bonds. The highest BCUT2D eigenvalue weighted by Gasteiger charge is 2.08. The van der Waals surface area contributed by atoms with Crippen molar-refractivity contribution in [1.82, 2.24) is 0 Å². The topological polar surface area (TPSA) is 89.9 Å².